The predicted octanol–water partition coefficient (Wildman–Crippen LogP) is 0.760. The van der Waals surface area contributed by atoms with Gasteiger partial charge >= 0.3 is 5.97 Å². The molecule has 4 atom stereocenters. The Hall–Kier alpha value is -5.20. The molecule has 0 saturated carbocycles. The zero-order valence-electron chi connectivity index (χ0n) is 23.8. The van der Waals surface area contributed by atoms with Crippen molar-refractivity contribution in [3.05, 3.63) is 102 Å². The quantitative estimate of drug-likeness (QED) is 0.103. The molecular weight excluding hydrogens is 566 g/mol. The number of para-hydroxylation sites is 1. The molecule has 0 aliphatic carbocycles. The minimum Gasteiger partial charge on any atom is -0.508 e. The second-order valence-corrected chi connectivity index (χ2v) is 10.4. The van der Waals surface area contributed by atoms with Crippen molar-refractivity contribution < 1.29 is 34.5 Å². The number of nitrogens with one attached hydrogen (secondary N) is 4. The number of carbonyl (C=O) groups excluding carboxylic acids is 3. The molecule has 12 nitrogen and oxygen atoms in total. The van der Waals surface area contributed by atoms with E-state index >= 15 is 0 Å². The summed E-state index contributed by atoms with van der Waals surface area (Å²) in [5.41, 5.74) is 9.24. The van der Waals surface area contributed by atoms with Crippen molar-refractivity contribution >= 4 is 34.6 Å². The first-order chi connectivity index (χ1) is 21.1. The molecule has 3 aromatic carbocycles. The van der Waals surface area contributed by atoms with Gasteiger partial charge in [-0.2, -0.15) is 0 Å². The van der Waals surface area contributed by atoms with Gasteiger partial charge in [-0.15, -0.1) is 0 Å². The van der Waals surface area contributed by atoms with Crippen LogP contribution in [0.1, 0.15) is 16.7 Å². The molecule has 9 N–H and O–H groups in total. The van der Waals surface area contributed by atoms with E-state index in [1.165, 1.54) is 24.3 Å². The maximum absolute atomic E-state index is 13.4. The summed E-state index contributed by atoms with van der Waals surface area (Å²) in [6.07, 6.45) is 1.95. The van der Waals surface area contributed by atoms with Gasteiger partial charge in [-0.05, 0) is 41.3 Å². The topological polar surface area (TPSA) is 207 Å². The van der Waals surface area contributed by atoms with Crippen LogP contribution in [-0.4, -0.2) is 74.8 Å². The van der Waals surface area contributed by atoms with Gasteiger partial charge in [0.2, 0.25) is 17.7 Å². The van der Waals surface area contributed by atoms with Gasteiger partial charge in [-0.3, -0.25) is 14.4 Å². The molecule has 0 saturated heterocycles. The third kappa shape index (κ3) is 8.43. The number of aromatic hydroxyl groups is 1. The number of amides is 3. The molecule has 0 fully saturated rings. The highest BCUT2D eigenvalue weighted by Crippen LogP contribution is 2.19. The molecule has 0 aliphatic rings. The van der Waals surface area contributed by atoms with Crippen molar-refractivity contribution in [1.82, 2.24) is 20.9 Å². The number of phenols is 1. The maximum Gasteiger partial charge on any atom is 0.326 e. The van der Waals surface area contributed by atoms with Gasteiger partial charge in [0, 0.05) is 29.9 Å². The largest absolute Gasteiger partial charge is 0.508 e. The van der Waals surface area contributed by atoms with Crippen LogP contribution < -0.4 is 21.7 Å². The van der Waals surface area contributed by atoms with Crippen LogP contribution in [0.5, 0.6) is 5.75 Å². The van der Waals surface area contributed by atoms with E-state index in [2.05, 4.69) is 20.9 Å². The number of carbonyl (C=O) groups is 4. The van der Waals surface area contributed by atoms with Gasteiger partial charge in [0.15, 0.2) is 0 Å². The van der Waals surface area contributed by atoms with Gasteiger partial charge in [-0.1, -0.05) is 60.7 Å². The molecule has 4 aromatic rings. The number of carboxylic acid groups (broad SMARTS) is 1. The lowest BCUT2D eigenvalue weighted by Crippen LogP contribution is -2.58. The van der Waals surface area contributed by atoms with Crippen molar-refractivity contribution in [2.45, 2.75) is 43.4 Å². The zero-order chi connectivity index (χ0) is 31.6. The standard InChI is InChI=1S/C32H35N5O7/c33-24(16-21-17-34-25-9-5-4-8-23(21)25)29(40)35-26(14-19-6-2-1-3-7-19)30(41)37-28(18-38)31(42)36-27(32(43)44)15-20-10-12-22(39)13-11-20/h1-13,17,24,26-28,34,38-39H,14-16,18,33H2,(H,35,40)(H,36,42)(H,37,41)(H,43,44). The smallest absolute Gasteiger partial charge is 0.326 e. The third-order valence-electron chi connectivity index (χ3n) is 7.17. The Bertz CT molecular complexity index is 1590. The fourth-order valence-electron chi connectivity index (χ4n) is 4.77. The SMILES string of the molecule is NC(Cc1c[nH]c2ccccc12)C(=O)NC(Cc1ccccc1)C(=O)NC(CO)C(=O)NC(Cc1ccc(O)cc1)C(=O)O. The van der Waals surface area contributed by atoms with E-state index in [0.717, 1.165) is 22.0 Å². The summed E-state index contributed by atoms with van der Waals surface area (Å²) in [6, 6.07) is 17.3. The molecule has 230 valence electrons. The predicted molar refractivity (Wildman–Crippen MR) is 162 cm³/mol. The van der Waals surface area contributed by atoms with Crippen LogP contribution in [0.2, 0.25) is 0 Å². The number of aliphatic hydroxyl groups excluding tert-OH is 1. The van der Waals surface area contributed by atoms with E-state index in [1.54, 1.807) is 36.5 Å². The van der Waals surface area contributed by atoms with Gasteiger partial charge in [0.1, 0.15) is 23.9 Å². The highest BCUT2D eigenvalue weighted by atomic mass is 16.4. The Balaban J connectivity index is 1.44. The van der Waals surface area contributed by atoms with Gasteiger partial charge in [0.05, 0.1) is 12.6 Å². The van der Waals surface area contributed by atoms with E-state index in [1.807, 2.05) is 24.3 Å². The number of aromatic amines is 1. The molecule has 3 amide bonds. The van der Waals surface area contributed by atoms with Crippen LogP contribution in [0, 0.1) is 0 Å². The normalized spacial score (nSPS) is 13.8. The number of hydrogen-bond donors (Lipinski definition) is 8. The van der Waals surface area contributed by atoms with Crippen molar-refractivity contribution in [3.63, 3.8) is 0 Å². The summed E-state index contributed by atoms with van der Waals surface area (Å²) < 4.78 is 0. The van der Waals surface area contributed by atoms with E-state index in [9.17, 15) is 34.5 Å². The minimum atomic E-state index is -1.50. The summed E-state index contributed by atoms with van der Waals surface area (Å²) in [6.45, 7) is -0.824. The highest BCUT2D eigenvalue weighted by molar-refractivity contribution is 5.94. The number of fused-ring (bicyclic) bond motifs is 1. The summed E-state index contributed by atoms with van der Waals surface area (Å²) in [5.74, 6) is -3.60. The Morgan fingerprint density at radius 1 is 0.705 bits per heavy atom. The monoisotopic (exact) mass is 601 g/mol. The molecule has 4 unspecified atom stereocenters. The zero-order valence-corrected chi connectivity index (χ0v) is 23.8. The second kappa shape index (κ2) is 14.8. The number of phenolic OH excluding ortho intramolecular Hbond substituents is 1. The van der Waals surface area contributed by atoms with Crippen LogP contribution >= 0.6 is 0 Å². The Morgan fingerprint density at radius 3 is 1.95 bits per heavy atom. The van der Waals surface area contributed by atoms with Gasteiger partial charge < -0.3 is 42.0 Å². The van der Waals surface area contributed by atoms with Crippen molar-refractivity contribution in [2.24, 2.45) is 5.73 Å². The van der Waals surface area contributed by atoms with Crippen molar-refractivity contribution in [2.75, 3.05) is 6.61 Å². The Kier molecular flexibility index (Phi) is 10.7. The molecule has 44 heavy (non-hydrogen) atoms. The first-order valence-corrected chi connectivity index (χ1v) is 14.0. The number of carboxylic acids is 1. The summed E-state index contributed by atoms with van der Waals surface area (Å²) in [7, 11) is 0. The van der Waals surface area contributed by atoms with E-state index in [4.69, 9.17) is 5.73 Å². The number of benzene rings is 3. The first kappa shape index (κ1) is 31.7. The van der Waals surface area contributed by atoms with E-state index < -0.39 is 54.5 Å². The first-order valence-electron chi connectivity index (χ1n) is 14.0. The van der Waals surface area contributed by atoms with Crippen molar-refractivity contribution in [1.29, 1.82) is 0 Å². The molecule has 0 aliphatic heterocycles. The third-order valence-corrected chi connectivity index (χ3v) is 7.17. The van der Waals surface area contributed by atoms with Crippen LogP contribution in [-0.2, 0) is 38.4 Å². The average molecular weight is 602 g/mol. The van der Waals surface area contributed by atoms with Crippen LogP contribution in [0.4, 0.5) is 0 Å². The lowest BCUT2D eigenvalue weighted by Gasteiger charge is -2.24. The van der Waals surface area contributed by atoms with Crippen LogP contribution in [0.3, 0.4) is 0 Å². The molecule has 0 radical (unpaired) electrons. The number of H-pyrrole nitrogens is 1. The van der Waals surface area contributed by atoms with Gasteiger partial charge in [0.25, 0.3) is 0 Å². The molecule has 4 rings (SSSR count). The number of aliphatic hydroxyl groups is 1. The molecule has 0 bridgehead atoms. The number of nitrogens with two attached hydrogens (primary N) is 1. The molecule has 1 aromatic heterocycles. The van der Waals surface area contributed by atoms with E-state index in [0.29, 0.717) is 5.56 Å². The van der Waals surface area contributed by atoms with E-state index in [-0.39, 0.29) is 25.0 Å². The fourth-order valence-corrected chi connectivity index (χ4v) is 4.77. The summed E-state index contributed by atoms with van der Waals surface area (Å²) in [4.78, 5) is 54.5. The fraction of sp³-hybridized carbons (Fsp3) is 0.250. The number of hydrogen-bond acceptors (Lipinski definition) is 7. The highest BCUT2D eigenvalue weighted by Gasteiger charge is 2.30. The molecular formula is C32H35N5O7. The molecule has 1 heterocycles. The lowest BCUT2D eigenvalue weighted by atomic mass is 10.0. The minimum absolute atomic E-state index is 0.00351. The Morgan fingerprint density at radius 2 is 1.27 bits per heavy atom. The summed E-state index contributed by atoms with van der Waals surface area (Å²) in [5, 5.41) is 37.4. The second-order valence-electron chi connectivity index (χ2n) is 10.4. The van der Waals surface area contributed by atoms with Gasteiger partial charge in [-0.25, -0.2) is 4.79 Å². The van der Waals surface area contributed by atoms with Crippen molar-refractivity contribution in [3.8, 4) is 5.75 Å². The lowest BCUT2D eigenvalue weighted by molar-refractivity contribution is -0.142. The summed E-state index contributed by atoms with van der Waals surface area (Å²) >= 11 is 0. The Labute approximate surface area is 253 Å². The average Bonchev–Trinajstić information content (AvgIpc) is 3.42. The number of rotatable bonds is 14. The number of aromatic nitrogens is 1. The maximum atomic E-state index is 13.4. The van der Waals surface area contributed by atoms with Crippen LogP contribution in [0.15, 0.2) is 85.1 Å². The molecule has 12 heteroatoms. The number of aliphatic carboxylic acids is 1. The molecule has 0 spiro atoms. The van der Waals surface area contributed by atoms with Crippen LogP contribution in [0.25, 0.3) is 10.9 Å².